The van der Waals surface area contributed by atoms with Crippen molar-refractivity contribution in [1.29, 1.82) is 0 Å². The summed E-state index contributed by atoms with van der Waals surface area (Å²) in [5.41, 5.74) is 3.72. The average Bonchev–Trinajstić information content (AvgIpc) is 3.07. The van der Waals surface area contributed by atoms with Crippen LogP contribution >= 0.6 is 11.3 Å². The molecule has 2 aliphatic rings. The van der Waals surface area contributed by atoms with E-state index in [1.165, 1.54) is 11.3 Å². The molecule has 1 aliphatic heterocycles. The van der Waals surface area contributed by atoms with E-state index in [4.69, 9.17) is 0 Å². The molecule has 0 unspecified atom stereocenters. The molecule has 0 spiro atoms. The van der Waals surface area contributed by atoms with Crippen LogP contribution in [0.3, 0.4) is 0 Å². The fourth-order valence-electron chi connectivity index (χ4n) is 4.49. The van der Waals surface area contributed by atoms with E-state index in [0.29, 0.717) is 18.2 Å². The second-order valence-corrected chi connectivity index (χ2v) is 9.58. The van der Waals surface area contributed by atoms with Gasteiger partial charge in [-0.3, -0.25) is 14.5 Å². The van der Waals surface area contributed by atoms with Crippen molar-refractivity contribution in [3.8, 4) is 0 Å². The van der Waals surface area contributed by atoms with Gasteiger partial charge in [-0.2, -0.15) is 0 Å². The largest absolute Gasteiger partial charge is 0.316 e. The number of amides is 1. The van der Waals surface area contributed by atoms with E-state index < -0.39 is 0 Å². The maximum absolute atomic E-state index is 13.4. The van der Waals surface area contributed by atoms with Crippen molar-refractivity contribution in [2.45, 2.75) is 64.8 Å². The lowest BCUT2D eigenvalue weighted by Crippen LogP contribution is -2.42. The van der Waals surface area contributed by atoms with Crippen molar-refractivity contribution >= 4 is 28.0 Å². The van der Waals surface area contributed by atoms with Crippen LogP contribution in [0.2, 0.25) is 0 Å². The summed E-state index contributed by atoms with van der Waals surface area (Å²) < 4.78 is 0. The number of nitrogens with one attached hydrogen (secondary N) is 1. The highest BCUT2D eigenvalue weighted by Gasteiger charge is 2.28. The third kappa shape index (κ3) is 4.46. The Balaban J connectivity index is 1.59. The first-order valence-corrected chi connectivity index (χ1v) is 11.6. The van der Waals surface area contributed by atoms with Gasteiger partial charge in [0.15, 0.2) is 5.78 Å². The van der Waals surface area contributed by atoms with Gasteiger partial charge in [-0.25, -0.2) is 0 Å². The van der Waals surface area contributed by atoms with Crippen molar-refractivity contribution in [3.63, 3.8) is 0 Å². The summed E-state index contributed by atoms with van der Waals surface area (Å²) in [5, 5.41) is 3.86. The highest BCUT2D eigenvalue weighted by Crippen LogP contribution is 2.39. The van der Waals surface area contributed by atoms with Crippen LogP contribution < -0.4 is 5.32 Å². The summed E-state index contributed by atoms with van der Waals surface area (Å²) >= 11 is 1.61. The third-order valence-electron chi connectivity index (χ3n) is 6.25. The summed E-state index contributed by atoms with van der Waals surface area (Å²) in [4.78, 5) is 29.7. The van der Waals surface area contributed by atoms with E-state index >= 15 is 0 Å². The van der Waals surface area contributed by atoms with Gasteiger partial charge in [-0.15, -0.1) is 11.3 Å². The van der Waals surface area contributed by atoms with E-state index in [1.54, 1.807) is 11.3 Å². The molecular weight excluding hydrogens is 380 g/mol. The molecule has 2 aromatic rings. The first-order chi connectivity index (χ1) is 14.0. The molecule has 0 saturated carbocycles. The van der Waals surface area contributed by atoms with Crippen LogP contribution in [0.15, 0.2) is 24.3 Å². The number of nitrogens with zero attached hydrogens (tertiary/aromatic N) is 1. The molecule has 1 atom stereocenters. The minimum absolute atomic E-state index is 0.00435. The van der Waals surface area contributed by atoms with Gasteiger partial charge < -0.3 is 5.32 Å². The van der Waals surface area contributed by atoms with Gasteiger partial charge in [-0.1, -0.05) is 36.2 Å². The predicted octanol–water partition coefficient (Wildman–Crippen LogP) is 4.98. The summed E-state index contributed by atoms with van der Waals surface area (Å²) in [6.07, 6.45) is 7.75. The molecule has 1 aromatic carbocycles. The molecule has 1 fully saturated rings. The number of carbonyl (C=O) groups is 2. The van der Waals surface area contributed by atoms with Crippen LogP contribution in [-0.2, 0) is 17.6 Å². The minimum Gasteiger partial charge on any atom is -0.316 e. The molecule has 29 heavy (non-hydrogen) atoms. The molecule has 2 heterocycles. The molecule has 1 aromatic heterocycles. The van der Waals surface area contributed by atoms with E-state index in [2.05, 4.69) is 17.1 Å². The van der Waals surface area contributed by atoms with Crippen LogP contribution in [0, 0.1) is 6.92 Å². The van der Waals surface area contributed by atoms with Crippen LogP contribution in [-0.4, -0.2) is 35.7 Å². The van der Waals surface area contributed by atoms with Gasteiger partial charge in [0.2, 0.25) is 5.91 Å². The zero-order valence-electron chi connectivity index (χ0n) is 17.4. The van der Waals surface area contributed by atoms with Crippen molar-refractivity contribution in [2.24, 2.45) is 0 Å². The third-order valence-corrected chi connectivity index (χ3v) is 7.46. The number of benzene rings is 1. The SMILES string of the molecule is Cc1ccc(C(=O)c2c(NC(=O)CN3CCCC[C@@H]3C)sc3c2CCCC3)cc1. The second-order valence-electron chi connectivity index (χ2n) is 8.47. The summed E-state index contributed by atoms with van der Waals surface area (Å²) in [7, 11) is 0. The molecule has 4 rings (SSSR count). The number of piperidine rings is 1. The van der Waals surface area contributed by atoms with Crippen LogP contribution in [0.5, 0.6) is 0 Å². The predicted molar refractivity (Wildman–Crippen MR) is 119 cm³/mol. The number of thiophene rings is 1. The lowest BCUT2D eigenvalue weighted by molar-refractivity contribution is -0.118. The first-order valence-electron chi connectivity index (χ1n) is 10.8. The van der Waals surface area contributed by atoms with Crippen LogP contribution in [0.4, 0.5) is 5.00 Å². The zero-order chi connectivity index (χ0) is 20.4. The van der Waals surface area contributed by atoms with Crippen molar-refractivity contribution in [2.75, 3.05) is 18.4 Å². The fourth-order valence-corrected chi connectivity index (χ4v) is 5.79. The van der Waals surface area contributed by atoms with Crippen molar-refractivity contribution in [3.05, 3.63) is 51.4 Å². The molecular formula is C24H30N2O2S. The Hall–Kier alpha value is -1.98. The van der Waals surface area contributed by atoms with E-state index in [-0.39, 0.29) is 11.7 Å². The van der Waals surface area contributed by atoms with Gasteiger partial charge in [0.05, 0.1) is 12.1 Å². The molecule has 1 N–H and O–H groups in total. The highest BCUT2D eigenvalue weighted by molar-refractivity contribution is 7.17. The van der Waals surface area contributed by atoms with E-state index in [0.717, 1.165) is 66.8 Å². The normalized spacial score (nSPS) is 19.6. The molecule has 0 bridgehead atoms. The van der Waals surface area contributed by atoms with Crippen molar-refractivity contribution < 1.29 is 9.59 Å². The number of ketones is 1. The van der Waals surface area contributed by atoms with Gasteiger partial charge in [0.1, 0.15) is 5.00 Å². The average molecular weight is 411 g/mol. The number of likely N-dealkylation sites (tertiary alicyclic amines) is 1. The van der Waals surface area contributed by atoms with Gasteiger partial charge in [-0.05, 0) is 64.5 Å². The second kappa shape index (κ2) is 8.80. The monoisotopic (exact) mass is 410 g/mol. The minimum atomic E-state index is -0.00435. The maximum atomic E-state index is 13.4. The Morgan fingerprint density at radius 1 is 1.10 bits per heavy atom. The molecule has 1 aliphatic carbocycles. The molecule has 1 amide bonds. The molecule has 0 radical (unpaired) electrons. The summed E-state index contributed by atoms with van der Waals surface area (Å²) in [6, 6.07) is 8.18. The van der Waals surface area contributed by atoms with Gasteiger partial charge in [0, 0.05) is 16.5 Å². The maximum Gasteiger partial charge on any atom is 0.239 e. The summed E-state index contributed by atoms with van der Waals surface area (Å²) in [5.74, 6) is 0.0290. The first kappa shape index (κ1) is 20.3. The number of hydrogen-bond acceptors (Lipinski definition) is 4. The lowest BCUT2D eigenvalue weighted by atomic mass is 9.91. The number of carbonyl (C=O) groups excluding carboxylic acids is 2. The lowest BCUT2D eigenvalue weighted by Gasteiger charge is -2.32. The quantitative estimate of drug-likeness (QED) is 0.707. The molecule has 4 nitrogen and oxygen atoms in total. The molecule has 5 heteroatoms. The van der Waals surface area contributed by atoms with E-state index in [9.17, 15) is 9.59 Å². The Morgan fingerprint density at radius 2 is 1.86 bits per heavy atom. The van der Waals surface area contributed by atoms with Gasteiger partial charge >= 0.3 is 0 Å². The topological polar surface area (TPSA) is 49.4 Å². The van der Waals surface area contributed by atoms with Crippen molar-refractivity contribution in [1.82, 2.24) is 4.90 Å². The van der Waals surface area contributed by atoms with Crippen LogP contribution in [0.1, 0.15) is 71.0 Å². The Bertz CT molecular complexity index is 900. The highest BCUT2D eigenvalue weighted by atomic mass is 32.1. The smallest absolute Gasteiger partial charge is 0.239 e. The molecule has 154 valence electrons. The Kier molecular flexibility index (Phi) is 6.16. The number of aryl methyl sites for hydroxylation is 2. The molecule has 1 saturated heterocycles. The fraction of sp³-hybridized carbons (Fsp3) is 0.500. The van der Waals surface area contributed by atoms with Gasteiger partial charge in [0.25, 0.3) is 0 Å². The number of hydrogen-bond donors (Lipinski definition) is 1. The number of anilines is 1. The Morgan fingerprint density at radius 3 is 2.62 bits per heavy atom. The Labute approximate surface area is 177 Å². The number of rotatable bonds is 5. The summed E-state index contributed by atoms with van der Waals surface area (Å²) in [6.45, 7) is 5.60. The zero-order valence-corrected chi connectivity index (χ0v) is 18.2. The van der Waals surface area contributed by atoms with E-state index in [1.807, 2.05) is 31.2 Å². The van der Waals surface area contributed by atoms with Crippen LogP contribution in [0.25, 0.3) is 0 Å². The standard InChI is InChI=1S/C24H30N2O2S/c1-16-10-12-18(13-11-16)23(28)22-19-8-3-4-9-20(19)29-24(22)25-21(27)15-26-14-6-5-7-17(26)2/h10-13,17H,3-9,14-15H2,1-2H3,(H,25,27)/t17-/m0/s1. The number of fused-ring (bicyclic) bond motifs is 1.